The zero-order chi connectivity index (χ0) is 18.6. The Morgan fingerprint density at radius 2 is 1.77 bits per heavy atom. The number of hydrogen-bond acceptors (Lipinski definition) is 4. The van der Waals surface area contributed by atoms with Crippen LogP contribution in [0.5, 0.6) is 0 Å². The Kier molecular flexibility index (Phi) is 5.40. The SMILES string of the molecule is CCOC(=O)C1(c2ccccc2)CCCC1OC(=O)c1ccc(C)cc1. The molecule has 26 heavy (non-hydrogen) atoms. The van der Waals surface area contributed by atoms with Gasteiger partial charge in [-0.15, -0.1) is 0 Å². The minimum Gasteiger partial charge on any atom is -0.465 e. The van der Waals surface area contributed by atoms with Gasteiger partial charge < -0.3 is 9.47 Å². The molecule has 0 spiro atoms. The molecule has 2 atom stereocenters. The Bertz CT molecular complexity index is 766. The van der Waals surface area contributed by atoms with Gasteiger partial charge in [-0.1, -0.05) is 48.0 Å². The second kappa shape index (κ2) is 7.73. The third-order valence-electron chi connectivity index (χ3n) is 5.05. The van der Waals surface area contributed by atoms with Crippen LogP contribution in [0.15, 0.2) is 54.6 Å². The van der Waals surface area contributed by atoms with Crippen LogP contribution in [0, 0.1) is 6.92 Å². The van der Waals surface area contributed by atoms with Gasteiger partial charge in [-0.25, -0.2) is 4.79 Å². The molecule has 3 rings (SSSR count). The van der Waals surface area contributed by atoms with Crippen LogP contribution in [-0.2, 0) is 19.7 Å². The molecule has 0 amide bonds. The summed E-state index contributed by atoms with van der Waals surface area (Å²) in [6.07, 6.45) is 1.53. The van der Waals surface area contributed by atoms with Crippen molar-refractivity contribution in [2.75, 3.05) is 6.61 Å². The van der Waals surface area contributed by atoms with Crippen molar-refractivity contribution in [2.45, 2.75) is 44.6 Å². The van der Waals surface area contributed by atoms with Gasteiger partial charge in [0.1, 0.15) is 11.5 Å². The second-order valence-electron chi connectivity index (χ2n) is 6.71. The molecule has 2 aromatic carbocycles. The molecule has 0 bridgehead atoms. The summed E-state index contributed by atoms with van der Waals surface area (Å²) < 4.78 is 11.2. The maximum absolute atomic E-state index is 12.9. The zero-order valence-corrected chi connectivity index (χ0v) is 15.2. The molecule has 0 aliphatic heterocycles. The van der Waals surface area contributed by atoms with Gasteiger partial charge in [-0.3, -0.25) is 4.79 Å². The van der Waals surface area contributed by atoms with Gasteiger partial charge >= 0.3 is 11.9 Å². The molecule has 0 N–H and O–H groups in total. The van der Waals surface area contributed by atoms with E-state index >= 15 is 0 Å². The molecule has 0 heterocycles. The van der Waals surface area contributed by atoms with Crippen molar-refractivity contribution in [3.05, 3.63) is 71.3 Å². The van der Waals surface area contributed by atoms with Crippen molar-refractivity contribution in [3.8, 4) is 0 Å². The van der Waals surface area contributed by atoms with Crippen LogP contribution in [0.2, 0.25) is 0 Å². The topological polar surface area (TPSA) is 52.6 Å². The van der Waals surface area contributed by atoms with Crippen LogP contribution in [-0.4, -0.2) is 24.6 Å². The smallest absolute Gasteiger partial charge is 0.338 e. The van der Waals surface area contributed by atoms with E-state index in [-0.39, 0.29) is 5.97 Å². The van der Waals surface area contributed by atoms with Crippen LogP contribution in [0.1, 0.15) is 47.7 Å². The monoisotopic (exact) mass is 352 g/mol. The van der Waals surface area contributed by atoms with Gasteiger partial charge in [0, 0.05) is 0 Å². The third kappa shape index (κ3) is 3.36. The largest absolute Gasteiger partial charge is 0.465 e. The Morgan fingerprint density at radius 1 is 1.08 bits per heavy atom. The van der Waals surface area contributed by atoms with Crippen molar-refractivity contribution >= 4 is 11.9 Å². The summed E-state index contributed by atoms with van der Waals surface area (Å²) in [4.78, 5) is 25.6. The van der Waals surface area contributed by atoms with E-state index in [1.165, 1.54) is 0 Å². The molecule has 1 aliphatic carbocycles. The summed E-state index contributed by atoms with van der Waals surface area (Å²) in [6.45, 7) is 4.05. The summed E-state index contributed by atoms with van der Waals surface area (Å²) in [6, 6.07) is 16.8. The van der Waals surface area contributed by atoms with E-state index in [0.717, 1.165) is 17.5 Å². The van der Waals surface area contributed by atoms with Crippen molar-refractivity contribution in [2.24, 2.45) is 0 Å². The van der Waals surface area contributed by atoms with Crippen molar-refractivity contribution in [3.63, 3.8) is 0 Å². The zero-order valence-electron chi connectivity index (χ0n) is 15.2. The molecule has 1 fully saturated rings. The lowest BCUT2D eigenvalue weighted by Gasteiger charge is -2.33. The molecule has 2 unspecified atom stereocenters. The predicted molar refractivity (Wildman–Crippen MR) is 99.0 cm³/mol. The fourth-order valence-corrected chi connectivity index (χ4v) is 3.70. The van der Waals surface area contributed by atoms with E-state index in [1.807, 2.05) is 49.4 Å². The Balaban J connectivity index is 1.92. The maximum atomic E-state index is 12.9. The first-order chi connectivity index (χ1) is 12.6. The number of esters is 2. The van der Waals surface area contributed by atoms with E-state index in [1.54, 1.807) is 19.1 Å². The average molecular weight is 352 g/mol. The molecule has 4 heteroatoms. The average Bonchev–Trinajstić information content (AvgIpc) is 3.07. The highest BCUT2D eigenvalue weighted by atomic mass is 16.6. The summed E-state index contributed by atoms with van der Waals surface area (Å²) in [7, 11) is 0. The van der Waals surface area contributed by atoms with Gasteiger partial charge in [0.25, 0.3) is 0 Å². The lowest BCUT2D eigenvalue weighted by molar-refractivity contribution is -0.154. The predicted octanol–water partition coefficient (Wildman–Crippen LogP) is 4.21. The van der Waals surface area contributed by atoms with E-state index in [0.29, 0.717) is 25.0 Å². The van der Waals surface area contributed by atoms with E-state index in [2.05, 4.69) is 0 Å². The molecule has 4 nitrogen and oxygen atoms in total. The third-order valence-corrected chi connectivity index (χ3v) is 5.05. The van der Waals surface area contributed by atoms with E-state index < -0.39 is 17.5 Å². The van der Waals surface area contributed by atoms with Crippen LogP contribution >= 0.6 is 0 Å². The lowest BCUT2D eigenvalue weighted by atomic mass is 9.77. The van der Waals surface area contributed by atoms with Crippen LogP contribution < -0.4 is 0 Å². The summed E-state index contributed by atoms with van der Waals surface area (Å²) in [5.41, 5.74) is 1.48. The number of rotatable bonds is 5. The number of benzene rings is 2. The summed E-state index contributed by atoms with van der Waals surface area (Å²) >= 11 is 0. The Labute approximate surface area is 154 Å². The highest BCUT2D eigenvalue weighted by Crippen LogP contribution is 2.44. The lowest BCUT2D eigenvalue weighted by Crippen LogP contribution is -2.46. The number of carbonyl (C=O) groups is 2. The van der Waals surface area contributed by atoms with Gasteiger partial charge in [-0.2, -0.15) is 0 Å². The Morgan fingerprint density at radius 3 is 2.42 bits per heavy atom. The van der Waals surface area contributed by atoms with E-state index in [9.17, 15) is 9.59 Å². The number of carbonyl (C=O) groups excluding carboxylic acids is 2. The second-order valence-corrected chi connectivity index (χ2v) is 6.71. The van der Waals surface area contributed by atoms with E-state index in [4.69, 9.17) is 9.47 Å². The first-order valence-electron chi connectivity index (χ1n) is 9.08. The molecule has 0 aromatic heterocycles. The van der Waals surface area contributed by atoms with Crippen molar-refractivity contribution < 1.29 is 19.1 Å². The minimum absolute atomic E-state index is 0.298. The van der Waals surface area contributed by atoms with Gasteiger partial charge in [0.15, 0.2) is 0 Å². The van der Waals surface area contributed by atoms with Crippen molar-refractivity contribution in [1.29, 1.82) is 0 Å². The van der Waals surface area contributed by atoms with Crippen LogP contribution in [0.4, 0.5) is 0 Å². The minimum atomic E-state index is -0.933. The molecule has 1 saturated carbocycles. The Hall–Kier alpha value is -2.62. The highest BCUT2D eigenvalue weighted by Gasteiger charge is 2.53. The van der Waals surface area contributed by atoms with Crippen LogP contribution in [0.3, 0.4) is 0 Å². The standard InChI is InChI=1S/C22H24O4/c1-3-25-21(24)22(18-8-5-4-6-9-18)15-7-10-19(22)26-20(23)17-13-11-16(2)12-14-17/h4-6,8-9,11-14,19H,3,7,10,15H2,1-2H3. The quantitative estimate of drug-likeness (QED) is 0.757. The highest BCUT2D eigenvalue weighted by molar-refractivity contribution is 5.91. The van der Waals surface area contributed by atoms with Crippen LogP contribution in [0.25, 0.3) is 0 Å². The fourth-order valence-electron chi connectivity index (χ4n) is 3.70. The molecule has 1 aliphatic rings. The fraction of sp³-hybridized carbons (Fsp3) is 0.364. The molecule has 2 aromatic rings. The first kappa shape index (κ1) is 18.2. The first-order valence-corrected chi connectivity index (χ1v) is 9.08. The molecular formula is C22H24O4. The molecule has 0 saturated heterocycles. The number of ether oxygens (including phenoxy) is 2. The van der Waals surface area contributed by atoms with Crippen molar-refractivity contribution in [1.82, 2.24) is 0 Å². The maximum Gasteiger partial charge on any atom is 0.338 e. The summed E-state index contributed by atoms with van der Waals surface area (Å²) in [5, 5.41) is 0. The van der Waals surface area contributed by atoms with Gasteiger partial charge in [0.05, 0.1) is 12.2 Å². The van der Waals surface area contributed by atoms with Gasteiger partial charge in [0.2, 0.25) is 0 Å². The van der Waals surface area contributed by atoms with Gasteiger partial charge in [-0.05, 0) is 50.8 Å². The molecule has 136 valence electrons. The summed E-state index contributed by atoms with van der Waals surface area (Å²) in [5.74, 6) is -0.716. The number of aryl methyl sites for hydroxylation is 1. The molecular weight excluding hydrogens is 328 g/mol. The molecule has 0 radical (unpaired) electrons. The number of hydrogen-bond donors (Lipinski definition) is 0. The normalized spacial score (nSPS) is 22.0.